The van der Waals surface area contributed by atoms with E-state index in [4.69, 9.17) is 37.0 Å². The number of rotatable bonds is 81. The molecular weight excluding hydrogens is 1340 g/mol. The zero-order valence-corrected chi connectivity index (χ0v) is 69.7. The van der Waals surface area contributed by atoms with Crippen LogP contribution in [-0.4, -0.2) is 96.7 Å². The molecule has 0 amide bonds. The summed E-state index contributed by atoms with van der Waals surface area (Å²) in [6.07, 6.45) is 61.2. The van der Waals surface area contributed by atoms with Crippen LogP contribution < -0.4 is 0 Å². The van der Waals surface area contributed by atoms with Crippen molar-refractivity contribution in [2.45, 2.75) is 453 Å². The van der Waals surface area contributed by atoms with E-state index in [9.17, 15) is 43.2 Å². The predicted molar refractivity (Wildman–Crippen MR) is 423 cm³/mol. The van der Waals surface area contributed by atoms with E-state index < -0.39 is 97.5 Å². The van der Waals surface area contributed by atoms with E-state index in [1.54, 1.807) is 0 Å². The number of carbonyl (C=O) groups excluding carboxylic acids is 4. The zero-order valence-electron chi connectivity index (χ0n) is 68.0. The maximum atomic E-state index is 13.1. The van der Waals surface area contributed by atoms with Crippen molar-refractivity contribution in [2.75, 3.05) is 39.6 Å². The average molecular weight is 1510 g/mol. The van der Waals surface area contributed by atoms with Gasteiger partial charge in [0.1, 0.15) is 19.3 Å². The molecule has 7 atom stereocenters. The van der Waals surface area contributed by atoms with E-state index >= 15 is 0 Å². The van der Waals surface area contributed by atoms with Crippen molar-refractivity contribution in [3.05, 3.63) is 0 Å². The highest BCUT2D eigenvalue weighted by Gasteiger charge is 2.30. The number of phosphoric acid groups is 2. The molecule has 0 saturated heterocycles. The van der Waals surface area contributed by atoms with Gasteiger partial charge in [-0.15, -0.1) is 0 Å². The molecule has 0 spiro atoms. The molecule has 0 aromatic carbocycles. The van der Waals surface area contributed by atoms with E-state index in [1.165, 1.54) is 231 Å². The van der Waals surface area contributed by atoms with Gasteiger partial charge in [0.15, 0.2) is 12.2 Å². The number of hydrogen-bond donors (Lipinski definition) is 3. The number of esters is 4. The Morgan fingerprint density at radius 3 is 0.689 bits per heavy atom. The van der Waals surface area contributed by atoms with E-state index in [1.807, 2.05) is 0 Å². The molecule has 0 bridgehead atoms. The van der Waals surface area contributed by atoms with Crippen LogP contribution in [0.2, 0.25) is 0 Å². The average Bonchev–Trinajstić information content (AvgIpc) is 0.913. The second-order valence-corrected chi connectivity index (χ2v) is 34.6. The van der Waals surface area contributed by atoms with Crippen LogP contribution in [0, 0.1) is 23.7 Å². The van der Waals surface area contributed by atoms with Crippen molar-refractivity contribution in [1.29, 1.82) is 0 Å². The third-order valence-corrected chi connectivity index (χ3v) is 22.2. The summed E-state index contributed by atoms with van der Waals surface area (Å²) in [7, 11) is -9.93. The normalized spacial score (nSPS) is 14.5. The number of aliphatic hydroxyl groups is 1. The van der Waals surface area contributed by atoms with Gasteiger partial charge >= 0.3 is 39.5 Å². The van der Waals surface area contributed by atoms with Gasteiger partial charge in [-0.1, -0.05) is 383 Å². The maximum Gasteiger partial charge on any atom is 0.472 e. The van der Waals surface area contributed by atoms with Gasteiger partial charge in [-0.2, -0.15) is 0 Å². The van der Waals surface area contributed by atoms with Gasteiger partial charge in [0.05, 0.1) is 26.4 Å². The van der Waals surface area contributed by atoms with Crippen molar-refractivity contribution < 1.29 is 80.2 Å². The van der Waals surface area contributed by atoms with Crippen LogP contribution >= 0.6 is 15.6 Å². The Labute approximate surface area is 632 Å². The number of hydrogen-bond acceptors (Lipinski definition) is 15. The molecule has 0 radical (unpaired) electrons. The van der Waals surface area contributed by atoms with Crippen LogP contribution in [0.15, 0.2) is 0 Å². The number of unbranched alkanes of at least 4 members (excludes halogenated alkanes) is 45. The predicted octanol–water partition coefficient (Wildman–Crippen LogP) is 25.2. The van der Waals surface area contributed by atoms with E-state index in [0.29, 0.717) is 31.6 Å². The van der Waals surface area contributed by atoms with Gasteiger partial charge < -0.3 is 33.8 Å². The minimum absolute atomic E-state index is 0.107. The Hall–Kier alpha value is -1.94. The monoisotopic (exact) mass is 1510 g/mol. The van der Waals surface area contributed by atoms with E-state index in [2.05, 4.69) is 55.4 Å². The molecule has 19 heteroatoms. The summed E-state index contributed by atoms with van der Waals surface area (Å²) in [4.78, 5) is 73.1. The lowest BCUT2D eigenvalue weighted by molar-refractivity contribution is -0.161. The summed E-state index contributed by atoms with van der Waals surface area (Å²) in [6, 6.07) is 0. The number of carbonyl (C=O) groups is 4. The molecule has 0 aromatic heterocycles. The van der Waals surface area contributed by atoms with Crippen LogP contribution in [-0.2, 0) is 65.4 Å². The van der Waals surface area contributed by atoms with Gasteiger partial charge in [0.25, 0.3) is 0 Å². The number of aliphatic hydroxyl groups excluding tert-OH is 1. The first kappa shape index (κ1) is 101. The van der Waals surface area contributed by atoms with Crippen molar-refractivity contribution in [3.63, 3.8) is 0 Å². The molecule has 612 valence electrons. The summed E-state index contributed by atoms with van der Waals surface area (Å²) < 4.78 is 68.8. The molecule has 4 unspecified atom stereocenters. The Balaban J connectivity index is 5.18. The largest absolute Gasteiger partial charge is 0.472 e. The molecule has 0 fully saturated rings. The van der Waals surface area contributed by atoms with Crippen molar-refractivity contribution in [1.82, 2.24) is 0 Å². The summed E-state index contributed by atoms with van der Waals surface area (Å²) in [5.74, 6) is 1.05. The second kappa shape index (κ2) is 72.9. The summed E-state index contributed by atoms with van der Waals surface area (Å²) in [5.41, 5.74) is 0. The molecule has 0 rings (SSSR count). The summed E-state index contributed by atoms with van der Waals surface area (Å²) in [5, 5.41) is 10.7. The zero-order chi connectivity index (χ0) is 76.0. The first-order valence-corrected chi connectivity index (χ1v) is 46.3. The van der Waals surface area contributed by atoms with Gasteiger partial charge in [-0.25, -0.2) is 9.13 Å². The summed E-state index contributed by atoms with van der Waals surface area (Å²) in [6.45, 7) is 14.3. The van der Waals surface area contributed by atoms with Crippen LogP contribution in [0.1, 0.15) is 434 Å². The maximum absolute atomic E-state index is 13.1. The van der Waals surface area contributed by atoms with Crippen LogP contribution in [0.4, 0.5) is 0 Å². The fourth-order valence-electron chi connectivity index (χ4n) is 12.9. The Morgan fingerprint density at radius 2 is 0.466 bits per heavy atom. The molecule has 0 aliphatic heterocycles. The Morgan fingerprint density at radius 1 is 0.272 bits per heavy atom. The van der Waals surface area contributed by atoms with Gasteiger partial charge in [0.2, 0.25) is 0 Å². The molecule has 3 N–H and O–H groups in total. The van der Waals surface area contributed by atoms with Gasteiger partial charge in [-0.05, 0) is 49.4 Å². The minimum atomic E-state index is -4.96. The standard InChI is InChI=1S/C84H164O17P2/c1-9-76(7)62-54-46-37-31-25-21-17-13-11-12-14-18-22-26-34-40-50-58-67-84(89)101-80(71-95-82(87)65-57-49-43-42-45-53-61-75(5)6)73-99-103(92,93)97-69-78(85)68-96-102(90,91)98-72-79(70-94-81(86)64-56-48-39-33-29-28-32-38-47-55-63-77(8)10-2)100-83(88)66-59-51-41-35-27-23-19-15-16-20-24-30-36-44-52-60-74(3)4/h74-80,85H,9-73H2,1-8H3,(H,90,91)(H,92,93)/t76?,77?,78-,79-,80-/m1/s1. The molecule has 17 nitrogen and oxygen atoms in total. The second-order valence-electron chi connectivity index (χ2n) is 31.7. The van der Waals surface area contributed by atoms with E-state index in [-0.39, 0.29) is 25.7 Å². The third-order valence-electron chi connectivity index (χ3n) is 20.3. The van der Waals surface area contributed by atoms with Crippen LogP contribution in [0.3, 0.4) is 0 Å². The molecule has 0 heterocycles. The highest BCUT2D eigenvalue weighted by atomic mass is 31.2. The first-order valence-electron chi connectivity index (χ1n) is 43.3. The highest BCUT2D eigenvalue weighted by molar-refractivity contribution is 7.47. The lowest BCUT2D eigenvalue weighted by atomic mass is 9.99. The summed E-state index contributed by atoms with van der Waals surface area (Å²) >= 11 is 0. The third kappa shape index (κ3) is 75.3. The topological polar surface area (TPSA) is 237 Å². The lowest BCUT2D eigenvalue weighted by Gasteiger charge is -2.21. The number of phosphoric ester groups is 2. The molecule has 0 aliphatic carbocycles. The first-order chi connectivity index (χ1) is 49.7. The van der Waals surface area contributed by atoms with Crippen molar-refractivity contribution in [3.8, 4) is 0 Å². The fraction of sp³-hybridized carbons (Fsp3) is 0.952. The quantitative estimate of drug-likeness (QED) is 0.0222. The SMILES string of the molecule is CCC(C)CCCCCCCCCCCCCCCCCCCCC(=O)O[C@H](COC(=O)CCCCCCCCC(C)C)COP(=O)(O)OC[C@H](O)COP(=O)(O)OC[C@@H](COC(=O)CCCCCCCCCCCCC(C)CC)OC(=O)CCCCCCCCCCCCCCCCCC(C)C. The lowest BCUT2D eigenvalue weighted by Crippen LogP contribution is -2.30. The molecular formula is C84H164O17P2. The molecule has 0 saturated carbocycles. The van der Waals surface area contributed by atoms with Crippen LogP contribution in [0.25, 0.3) is 0 Å². The number of ether oxygens (including phenoxy) is 4. The van der Waals surface area contributed by atoms with E-state index in [0.717, 1.165) is 114 Å². The molecule has 0 aromatic rings. The minimum Gasteiger partial charge on any atom is -0.462 e. The van der Waals surface area contributed by atoms with Crippen molar-refractivity contribution in [2.24, 2.45) is 23.7 Å². The Kier molecular flexibility index (Phi) is 71.5. The van der Waals surface area contributed by atoms with Gasteiger partial charge in [0, 0.05) is 25.7 Å². The Bertz CT molecular complexity index is 2010. The van der Waals surface area contributed by atoms with Gasteiger partial charge in [-0.3, -0.25) is 37.3 Å². The smallest absolute Gasteiger partial charge is 0.462 e. The van der Waals surface area contributed by atoms with Crippen molar-refractivity contribution >= 4 is 39.5 Å². The molecule has 103 heavy (non-hydrogen) atoms. The fourth-order valence-corrected chi connectivity index (χ4v) is 14.5. The molecule has 0 aliphatic rings. The highest BCUT2D eigenvalue weighted by Crippen LogP contribution is 2.45. The van der Waals surface area contributed by atoms with Crippen LogP contribution in [0.5, 0.6) is 0 Å².